The van der Waals surface area contributed by atoms with E-state index in [1.165, 1.54) is 19.3 Å². The zero-order chi connectivity index (χ0) is 23.6. The molecule has 5 nitrogen and oxygen atoms in total. The van der Waals surface area contributed by atoms with E-state index >= 15 is 0 Å². The monoisotopic (exact) mass is 452 g/mol. The second-order valence-electron chi connectivity index (χ2n) is 9.19. The molecule has 5 heteroatoms. The molecule has 0 aromatic heterocycles. The van der Waals surface area contributed by atoms with Gasteiger partial charge in [0.25, 0.3) is 0 Å². The Kier molecular flexibility index (Phi) is 9.47. The molecule has 1 atom stereocenters. The van der Waals surface area contributed by atoms with Gasteiger partial charge >= 0.3 is 0 Å². The Labute approximate surface area is 199 Å². The van der Waals surface area contributed by atoms with Gasteiger partial charge in [-0.15, -0.1) is 0 Å². The predicted octanol–water partition coefficient (Wildman–Crippen LogP) is 6.95. The first kappa shape index (κ1) is 24.9. The van der Waals surface area contributed by atoms with E-state index in [1.54, 1.807) is 7.11 Å². The van der Waals surface area contributed by atoms with Crippen molar-refractivity contribution in [1.29, 1.82) is 0 Å². The van der Waals surface area contributed by atoms with Gasteiger partial charge in [-0.05, 0) is 56.4 Å². The maximum absolute atomic E-state index is 12.9. The molecule has 1 unspecified atom stereocenters. The third kappa shape index (κ3) is 7.15. The van der Waals surface area contributed by atoms with Crippen molar-refractivity contribution in [3.63, 3.8) is 0 Å². The smallest absolute Gasteiger partial charge is 0.222 e. The number of carbonyl (C=O) groups is 1. The van der Waals surface area contributed by atoms with Crippen molar-refractivity contribution in [3.8, 4) is 17.2 Å². The Morgan fingerprint density at radius 2 is 1.82 bits per heavy atom. The summed E-state index contributed by atoms with van der Waals surface area (Å²) in [5.74, 6) is 2.43. The average molecular weight is 453 g/mol. The van der Waals surface area contributed by atoms with Gasteiger partial charge in [-0.1, -0.05) is 50.8 Å². The lowest BCUT2D eigenvalue weighted by molar-refractivity contribution is -0.132. The van der Waals surface area contributed by atoms with Crippen molar-refractivity contribution in [2.45, 2.75) is 83.7 Å². The summed E-state index contributed by atoms with van der Waals surface area (Å²) in [5.41, 5.74) is 2.21. The van der Waals surface area contributed by atoms with Crippen LogP contribution in [-0.2, 0) is 4.79 Å². The predicted molar refractivity (Wildman–Crippen MR) is 135 cm³/mol. The molecule has 180 valence electrons. The zero-order valence-electron chi connectivity index (χ0n) is 20.7. The molecular formula is C28H40N2O3. The number of methoxy groups -OCH3 is 1. The summed E-state index contributed by atoms with van der Waals surface area (Å²) >= 11 is 0. The first-order valence-electron chi connectivity index (χ1n) is 12.5. The number of para-hydroxylation sites is 2. The number of nitrogens with zero attached hydrogens (tertiary/aromatic N) is 1. The number of benzene rings is 2. The lowest BCUT2D eigenvalue weighted by Gasteiger charge is -2.32. The highest BCUT2D eigenvalue weighted by atomic mass is 16.5. The number of carbonyl (C=O) groups excluding carboxylic acids is 1. The van der Waals surface area contributed by atoms with Crippen LogP contribution >= 0.6 is 0 Å². The van der Waals surface area contributed by atoms with Crippen LogP contribution in [0, 0.1) is 6.92 Å². The van der Waals surface area contributed by atoms with Crippen LogP contribution in [0.15, 0.2) is 42.5 Å². The second-order valence-corrected chi connectivity index (χ2v) is 9.19. The summed E-state index contributed by atoms with van der Waals surface area (Å²) in [5, 5.41) is 3.69. The summed E-state index contributed by atoms with van der Waals surface area (Å²) in [7, 11) is 3.63. The van der Waals surface area contributed by atoms with Gasteiger partial charge in [0.2, 0.25) is 5.91 Å². The fraction of sp³-hybridized carbons (Fsp3) is 0.536. The third-order valence-corrected chi connectivity index (χ3v) is 6.73. The number of ether oxygens (including phenoxy) is 2. The fourth-order valence-electron chi connectivity index (χ4n) is 4.65. The van der Waals surface area contributed by atoms with Crippen molar-refractivity contribution in [2.24, 2.45) is 0 Å². The van der Waals surface area contributed by atoms with E-state index in [1.807, 2.05) is 48.3 Å². The molecule has 0 bridgehead atoms. The van der Waals surface area contributed by atoms with Crippen LogP contribution in [0.5, 0.6) is 17.2 Å². The van der Waals surface area contributed by atoms with Crippen molar-refractivity contribution in [3.05, 3.63) is 48.0 Å². The fourth-order valence-corrected chi connectivity index (χ4v) is 4.65. The molecule has 1 aliphatic rings. The molecule has 3 rings (SSSR count). The normalized spacial score (nSPS) is 15.0. The van der Waals surface area contributed by atoms with E-state index in [9.17, 15) is 4.79 Å². The highest BCUT2D eigenvalue weighted by molar-refractivity contribution is 5.76. The van der Waals surface area contributed by atoms with Gasteiger partial charge in [0.1, 0.15) is 5.75 Å². The zero-order valence-corrected chi connectivity index (χ0v) is 20.7. The van der Waals surface area contributed by atoms with E-state index in [-0.39, 0.29) is 11.9 Å². The standard InChI is InChI=1S/C28H40N2O3/c1-5-11-22(17-19-28(31)30(3)23-12-7-6-8-13-23)29-25-20-24(18-16-21(25)2)33-27-15-10-9-14-26(27)32-4/h9-10,14-16,18,20,22-23,29H,5-8,11-13,17,19H2,1-4H3. The molecular weight excluding hydrogens is 412 g/mol. The molecule has 1 saturated carbocycles. The van der Waals surface area contributed by atoms with Crippen molar-refractivity contribution >= 4 is 11.6 Å². The van der Waals surface area contributed by atoms with E-state index in [4.69, 9.17) is 9.47 Å². The molecule has 1 N–H and O–H groups in total. The molecule has 1 aliphatic carbocycles. The highest BCUT2D eigenvalue weighted by Crippen LogP contribution is 2.33. The lowest BCUT2D eigenvalue weighted by atomic mass is 9.94. The van der Waals surface area contributed by atoms with Gasteiger partial charge in [0, 0.05) is 37.3 Å². The number of rotatable bonds is 11. The minimum absolute atomic E-state index is 0.249. The van der Waals surface area contributed by atoms with Crippen LogP contribution < -0.4 is 14.8 Å². The van der Waals surface area contributed by atoms with Gasteiger partial charge in [-0.2, -0.15) is 0 Å². The van der Waals surface area contributed by atoms with Gasteiger partial charge in [0.15, 0.2) is 11.5 Å². The molecule has 2 aromatic carbocycles. The van der Waals surface area contributed by atoms with E-state index in [0.717, 1.165) is 49.1 Å². The molecule has 0 radical (unpaired) electrons. The molecule has 0 saturated heterocycles. The van der Waals surface area contributed by atoms with Gasteiger partial charge in [-0.3, -0.25) is 4.79 Å². The largest absolute Gasteiger partial charge is 0.493 e. The maximum atomic E-state index is 12.9. The molecule has 0 heterocycles. The average Bonchev–Trinajstić information content (AvgIpc) is 2.85. The minimum Gasteiger partial charge on any atom is -0.493 e. The number of anilines is 1. The van der Waals surface area contributed by atoms with Crippen LogP contribution in [0.3, 0.4) is 0 Å². The quantitative estimate of drug-likeness (QED) is 0.401. The highest BCUT2D eigenvalue weighted by Gasteiger charge is 2.22. The van der Waals surface area contributed by atoms with Gasteiger partial charge < -0.3 is 19.7 Å². The van der Waals surface area contributed by atoms with Crippen molar-refractivity contribution in [2.75, 3.05) is 19.5 Å². The Bertz CT molecular complexity index is 892. The topological polar surface area (TPSA) is 50.8 Å². The molecule has 0 spiro atoms. The first-order valence-corrected chi connectivity index (χ1v) is 12.5. The van der Waals surface area contributed by atoms with Gasteiger partial charge in [0.05, 0.1) is 7.11 Å². The second kappa shape index (κ2) is 12.5. The molecule has 2 aromatic rings. The molecule has 1 fully saturated rings. The molecule has 0 aliphatic heterocycles. The van der Waals surface area contributed by atoms with Crippen LogP contribution in [0.25, 0.3) is 0 Å². The summed E-state index contributed by atoms with van der Waals surface area (Å²) in [6, 6.07) is 14.4. The number of nitrogens with one attached hydrogen (secondary N) is 1. The Morgan fingerprint density at radius 3 is 2.52 bits per heavy atom. The number of hydrogen-bond donors (Lipinski definition) is 1. The van der Waals surface area contributed by atoms with E-state index in [0.29, 0.717) is 24.0 Å². The van der Waals surface area contributed by atoms with E-state index in [2.05, 4.69) is 25.2 Å². The molecule has 1 amide bonds. The first-order chi connectivity index (χ1) is 16.0. The maximum Gasteiger partial charge on any atom is 0.222 e. The number of aryl methyl sites for hydroxylation is 1. The summed E-state index contributed by atoms with van der Waals surface area (Å²) in [6.45, 7) is 4.29. The summed E-state index contributed by atoms with van der Waals surface area (Å²) < 4.78 is 11.5. The Balaban J connectivity index is 1.63. The third-order valence-electron chi connectivity index (χ3n) is 6.73. The lowest BCUT2D eigenvalue weighted by Crippen LogP contribution is -2.38. The van der Waals surface area contributed by atoms with Gasteiger partial charge in [-0.25, -0.2) is 0 Å². The van der Waals surface area contributed by atoms with Crippen molar-refractivity contribution < 1.29 is 14.3 Å². The summed E-state index contributed by atoms with van der Waals surface area (Å²) in [4.78, 5) is 14.9. The SMILES string of the molecule is CCCC(CCC(=O)N(C)C1CCCCC1)Nc1cc(Oc2ccccc2OC)ccc1C. The Hall–Kier alpha value is -2.69. The van der Waals surface area contributed by atoms with E-state index < -0.39 is 0 Å². The van der Waals surface area contributed by atoms with Crippen LogP contribution in [-0.4, -0.2) is 37.0 Å². The van der Waals surface area contributed by atoms with Crippen LogP contribution in [0.2, 0.25) is 0 Å². The van der Waals surface area contributed by atoms with Crippen LogP contribution in [0.4, 0.5) is 5.69 Å². The number of amides is 1. The minimum atomic E-state index is 0.249. The summed E-state index contributed by atoms with van der Waals surface area (Å²) in [6.07, 6.45) is 9.61. The molecule has 33 heavy (non-hydrogen) atoms. The van der Waals surface area contributed by atoms with Crippen molar-refractivity contribution in [1.82, 2.24) is 4.90 Å². The van der Waals surface area contributed by atoms with Crippen LogP contribution in [0.1, 0.15) is 70.3 Å². The number of hydrogen-bond acceptors (Lipinski definition) is 4. The Morgan fingerprint density at radius 1 is 1.09 bits per heavy atom.